The molecule has 0 saturated heterocycles. The van der Waals surface area contributed by atoms with Crippen LogP contribution in [0.25, 0.3) is 0 Å². The van der Waals surface area contributed by atoms with E-state index < -0.39 is 28.9 Å². The molecule has 0 unspecified atom stereocenters. The molecule has 0 aliphatic heterocycles. The first kappa shape index (κ1) is 13.7. The third-order valence-corrected chi connectivity index (χ3v) is 2.18. The molecule has 0 aromatic heterocycles. The van der Waals surface area contributed by atoms with E-state index in [0.717, 1.165) is 12.1 Å². The van der Waals surface area contributed by atoms with Gasteiger partial charge in [-0.05, 0) is 24.1 Å². The number of hydrogen-bond donors (Lipinski definition) is 0. The van der Waals surface area contributed by atoms with Crippen LogP contribution in [0.5, 0.6) is 0 Å². The van der Waals surface area contributed by atoms with Crippen LogP contribution < -0.4 is 0 Å². The van der Waals surface area contributed by atoms with Gasteiger partial charge in [0.25, 0.3) is 0 Å². The smallest absolute Gasteiger partial charge is 0.294 e. The van der Waals surface area contributed by atoms with Gasteiger partial charge in [0.1, 0.15) is 5.82 Å². The fourth-order valence-corrected chi connectivity index (χ4v) is 1.47. The Labute approximate surface area is 96.4 Å². The molecule has 0 aliphatic rings. The third-order valence-electron chi connectivity index (χ3n) is 2.18. The lowest BCUT2D eigenvalue weighted by atomic mass is 9.97. The number of carbonyl (C=O) groups excluding carboxylic acids is 1. The van der Waals surface area contributed by atoms with Gasteiger partial charge in [0.05, 0.1) is 5.56 Å². The predicted octanol–water partition coefficient (Wildman–Crippen LogP) is 4.07. The second-order valence-electron chi connectivity index (χ2n) is 4.21. The van der Waals surface area contributed by atoms with Crippen molar-refractivity contribution in [3.63, 3.8) is 0 Å². The molecule has 0 saturated carbocycles. The van der Waals surface area contributed by atoms with Gasteiger partial charge in [-0.15, -0.1) is 0 Å². The highest BCUT2D eigenvalue weighted by atomic mass is 19.4. The molecule has 0 amide bonds. The van der Waals surface area contributed by atoms with E-state index in [1.165, 1.54) is 0 Å². The van der Waals surface area contributed by atoms with Crippen LogP contribution in [0.4, 0.5) is 17.6 Å². The summed E-state index contributed by atoms with van der Waals surface area (Å²) >= 11 is 0. The third kappa shape index (κ3) is 3.54. The number of hydrogen-bond acceptors (Lipinski definition) is 1. The minimum atomic E-state index is -4.72. The summed E-state index contributed by atoms with van der Waals surface area (Å²) in [6.45, 7) is 3.46. The van der Waals surface area contributed by atoms with E-state index in [1.54, 1.807) is 13.8 Å². The van der Waals surface area contributed by atoms with Crippen molar-refractivity contribution in [2.45, 2.75) is 26.4 Å². The summed E-state index contributed by atoms with van der Waals surface area (Å²) in [6.07, 6.45) is -4.71. The number of ketones is 1. The second-order valence-corrected chi connectivity index (χ2v) is 4.21. The number of alkyl halides is 3. The van der Waals surface area contributed by atoms with E-state index >= 15 is 0 Å². The average Bonchev–Trinajstić information content (AvgIpc) is 2.14. The van der Waals surface area contributed by atoms with Gasteiger partial charge in [-0.3, -0.25) is 4.79 Å². The van der Waals surface area contributed by atoms with E-state index in [1.807, 2.05) is 0 Å². The summed E-state index contributed by atoms with van der Waals surface area (Å²) in [7, 11) is 0. The number of carbonyl (C=O) groups is 1. The van der Waals surface area contributed by atoms with Crippen molar-refractivity contribution in [2.24, 2.45) is 5.92 Å². The van der Waals surface area contributed by atoms with Crippen molar-refractivity contribution < 1.29 is 22.4 Å². The van der Waals surface area contributed by atoms with E-state index in [-0.39, 0.29) is 12.3 Å². The molecule has 0 aliphatic carbocycles. The largest absolute Gasteiger partial charge is 0.417 e. The van der Waals surface area contributed by atoms with Gasteiger partial charge in [0.15, 0.2) is 5.78 Å². The molecule has 0 N–H and O–H groups in total. The fourth-order valence-electron chi connectivity index (χ4n) is 1.47. The van der Waals surface area contributed by atoms with Gasteiger partial charge in [-0.2, -0.15) is 13.2 Å². The van der Waals surface area contributed by atoms with Crippen LogP contribution in [0.3, 0.4) is 0 Å². The molecule has 0 radical (unpaired) electrons. The van der Waals surface area contributed by atoms with Crippen LogP contribution >= 0.6 is 0 Å². The van der Waals surface area contributed by atoms with Gasteiger partial charge >= 0.3 is 6.18 Å². The van der Waals surface area contributed by atoms with E-state index in [0.29, 0.717) is 6.07 Å². The highest BCUT2D eigenvalue weighted by Gasteiger charge is 2.35. The maximum Gasteiger partial charge on any atom is 0.417 e. The Morgan fingerprint density at radius 2 is 1.88 bits per heavy atom. The van der Waals surface area contributed by atoms with Crippen molar-refractivity contribution in [3.05, 3.63) is 35.1 Å². The topological polar surface area (TPSA) is 17.1 Å². The summed E-state index contributed by atoms with van der Waals surface area (Å²) < 4.78 is 50.6. The normalized spacial score (nSPS) is 11.9. The first-order valence-electron chi connectivity index (χ1n) is 5.11. The molecule has 5 heteroatoms. The van der Waals surface area contributed by atoms with Gasteiger partial charge in [0.2, 0.25) is 0 Å². The van der Waals surface area contributed by atoms with E-state index in [2.05, 4.69) is 0 Å². The molecule has 94 valence electrons. The number of benzene rings is 1. The molecule has 0 bridgehead atoms. The molecule has 1 nitrogen and oxygen atoms in total. The summed E-state index contributed by atoms with van der Waals surface area (Å²) in [5.74, 6) is -1.67. The Balaban J connectivity index is 3.20. The summed E-state index contributed by atoms with van der Waals surface area (Å²) in [4.78, 5) is 11.6. The summed E-state index contributed by atoms with van der Waals surface area (Å²) in [6, 6.07) is 2.11. The zero-order valence-electron chi connectivity index (χ0n) is 9.44. The van der Waals surface area contributed by atoms with Crippen LogP contribution in [-0.2, 0) is 6.18 Å². The summed E-state index contributed by atoms with van der Waals surface area (Å²) in [5, 5.41) is 0. The predicted molar refractivity (Wildman–Crippen MR) is 55.2 cm³/mol. The van der Waals surface area contributed by atoms with E-state index in [4.69, 9.17) is 0 Å². The minimum absolute atomic E-state index is 0.00864. The van der Waals surface area contributed by atoms with Crippen molar-refractivity contribution in [1.29, 1.82) is 0 Å². The quantitative estimate of drug-likeness (QED) is 0.582. The molecule has 1 rings (SSSR count). The molecular formula is C12H12F4O. The average molecular weight is 248 g/mol. The Hall–Kier alpha value is -1.39. The monoisotopic (exact) mass is 248 g/mol. The van der Waals surface area contributed by atoms with E-state index in [9.17, 15) is 22.4 Å². The Morgan fingerprint density at radius 1 is 1.29 bits per heavy atom. The highest BCUT2D eigenvalue weighted by molar-refractivity contribution is 5.97. The lowest BCUT2D eigenvalue weighted by Crippen LogP contribution is -2.14. The Bertz CT molecular complexity index is 421. The number of halogens is 4. The molecule has 0 fully saturated rings. The zero-order valence-corrected chi connectivity index (χ0v) is 9.44. The minimum Gasteiger partial charge on any atom is -0.294 e. The van der Waals surface area contributed by atoms with Crippen molar-refractivity contribution >= 4 is 5.78 Å². The van der Waals surface area contributed by atoms with Crippen LogP contribution in [0.15, 0.2) is 18.2 Å². The SMILES string of the molecule is CC(C)CC(=O)c1ccc(F)cc1C(F)(F)F. The lowest BCUT2D eigenvalue weighted by Gasteiger charge is -2.12. The molecule has 0 atom stereocenters. The van der Waals surface area contributed by atoms with Gasteiger partial charge in [-0.1, -0.05) is 13.8 Å². The van der Waals surface area contributed by atoms with Gasteiger partial charge in [-0.25, -0.2) is 4.39 Å². The molecule has 1 aromatic rings. The molecule has 0 heterocycles. The molecular weight excluding hydrogens is 236 g/mol. The van der Waals surface area contributed by atoms with Gasteiger partial charge in [0, 0.05) is 12.0 Å². The van der Waals surface area contributed by atoms with Crippen LogP contribution in [0, 0.1) is 11.7 Å². The van der Waals surface area contributed by atoms with Gasteiger partial charge < -0.3 is 0 Å². The Morgan fingerprint density at radius 3 is 2.35 bits per heavy atom. The standard InChI is InChI=1S/C12H12F4O/c1-7(2)5-11(17)9-4-3-8(13)6-10(9)12(14,15)16/h3-4,6-7H,5H2,1-2H3. The Kier molecular flexibility index (Phi) is 3.91. The van der Waals surface area contributed by atoms with Crippen LogP contribution in [-0.4, -0.2) is 5.78 Å². The number of Topliss-reactive ketones (excluding diaryl/α,β-unsaturated/α-hetero) is 1. The van der Waals surface area contributed by atoms with Crippen LogP contribution in [0.1, 0.15) is 36.2 Å². The molecule has 0 spiro atoms. The second kappa shape index (κ2) is 4.85. The maximum atomic E-state index is 12.8. The number of rotatable bonds is 3. The first-order valence-corrected chi connectivity index (χ1v) is 5.11. The summed E-state index contributed by atoms with van der Waals surface area (Å²) in [5.41, 5.74) is -1.67. The zero-order chi connectivity index (χ0) is 13.2. The van der Waals surface area contributed by atoms with Crippen molar-refractivity contribution in [1.82, 2.24) is 0 Å². The van der Waals surface area contributed by atoms with Crippen molar-refractivity contribution in [3.8, 4) is 0 Å². The van der Waals surface area contributed by atoms with Crippen molar-refractivity contribution in [2.75, 3.05) is 0 Å². The fraction of sp³-hybridized carbons (Fsp3) is 0.417. The maximum absolute atomic E-state index is 12.8. The lowest BCUT2D eigenvalue weighted by molar-refractivity contribution is -0.138. The van der Waals surface area contributed by atoms with Crippen LogP contribution in [0.2, 0.25) is 0 Å². The molecule has 17 heavy (non-hydrogen) atoms. The highest BCUT2D eigenvalue weighted by Crippen LogP contribution is 2.33. The molecule has 1 aromatic carbocycles. The first-order chi connectivity index (χ1) is 7.71.